The van der Waals surface area contributed by atoms with Gasteiger partial charge in [0.1, 0.15) is 0 Å². The highest BCUT2D eigenvalue weighted by Gasteiger charge is 2.35. The fraction of sp³-hybridized carbons (Fsp3) is 0.250. The van der Waals surface area contributed by atoms with Gasteiger partial charge < -0.3 is 0 Å². The molecule has 0 radical (unpaired) electrons. The van der Waals surface area contributed by atoms with Gasteiger partial charge in [-0.3, -0.25) is 9.89 Å². The van der Waals surface area contributed by atoms with Crippen LogP contribution in [-0.4, -0.2) is 24.2 Å². The van der Waals surface area contributed by atoms with Crippen LogP contribution in [0, 0.1) is 30.0 Å². The van der Waals surface area contributed by atoms with Crippen LogP contribution >= 0.6 is 0 Å². The summed E-state index contributed by atoms with van der Waals surface area (Å²) in [6.07, 6.45) is 3.09. The van der Waals surface area contributed by atoms with Gasteiger partial charge in [-0.05, 0) is 56.0 Å². The zero-order chi connectivity index (χ0) is 20.1. The van der Waals surface area contributed by atoms with Gasteiger partial charge in [-0.25, -0.2) is 18.7 Å². The quantitative estimate of drug-likeness (QED) is 0.707. The second-order valence-corrected chi connectivity index (χ2v) is 9.36. The molecule has 1 aliphatic rings. The minimum absolute atomic E-state index is 0.0858. The van der Waals surface area contributed by atoms with Crippen LogP contribution in [0.4, 0.5) is 0 Å². The van der Waals surface area contributed by atoms with Crippen LogP contribution in [-0.2, 0) is 9.73 Å². The van der Waals surface area contributed by atoms with Crippen LogP contribution in [0.2, 0.25) is 0 Å². The van der Waals surface area contributed by atoms with Crippen LogP contribution < -0.4 is 5.56 Å². The Kier molecular flexibility index (Phi) is 4.20. The highest BCUT2D eigenvalue weighted by atomic mass is 32.2. The maximum absolute atomic E-state index is 13.0. The first-order valence-corrected chi connectivity index (χ1v) is 10.5. The topological polar surface area (TPSA) is 115 Å². The normalized spacial score (nSPS) is 15.8. The molecule has 142 valence electrons. The van der Waals surface area contributed by atoms with Crippen LogP contribution in [0.1, 0.15) is 29.7 Å². The molecular weight excluding hydrogens is 374 g/mol. The number of aromatic amines is 1. The molecule has 2 N–H and O–H groups in total. The lowest BCUT2D eigenvalue weighted by Crippen LogP contribution is -2.18. The Morgan fingerprint density at radius 1 is 1.29 bits per heavy atom. The Bertz CT molecular complexity index is 1270. The zero-order valence-corrected chi connectivity index (χ0v) is 16.3. The predicted octanol–water partition coefficient (Wildman–Crippen LogP) is 3.28. The van der Waals surface area contributed by atoms with Gasteiger partial charge in [0.05, 0.1) is 31.8 Å². The van der Waals surface area contributed by atoms with Crippen molar-refractivity contribution in [2.75, 3.05) is 0 Å². The van der Waals surface area contributed by atoms with Crippen molar-refractivity contribution < 1.29 is 4.21 Å². The fourth-order valence-corrected chi connectivity index (χ4v) is 5.21. The van der Waals surface area contributed by atoms with E-state index in [0.717, 1.165) is 12.8 Å². The molecule has 1 atom stereocenters. The van der Waals surface area contributed by atoms with Gasteiger partial charge in [0, 0.05) is 17.1 Å². The molecule has 0 saturated heterocycles. The second kappa shape index (κ2) is 6.46. The van der Waals surface area contributed by atoms with Gasteiger partial charge in [0.25, 0.3) is 5.56 Å². The number of aryl methyl sites for hydroxylation is 2. The van der Waals surface area contributed by atoms with E-state index in [9.17, 15) is 9.00 Å². The number of hydrogen-bond donors (Lipinski definition) is 2. The molecule has 1 aliphatic carbocycles. The van der Waals surface area contributed by atoms with E-state index in [1.807, 2.05) is 0 Å². The summed E-state index contributed by atoms with van der Waals surface area (Å²) in [6.45, 7) is 3.59. The monoisotopic (exact) mass is 393 g/mol. The number of pyridine rings is 1. The van der Waals surface area contributed by atoms with E-state index in [-0.39, 0.29) is 10.8 Å². The number of rotatable bonds is 4. The standard InChI is InChI=1S/C20H19N5O2S/c1-12-9-18(23-11-17(12)28(22,27)16-7-8-16)25-20(26)19(13(2)24-25)15-5-3-14(10-21)4-6-15/h3-6,9,11,16,22,24H,7-8H2,1-2H3/t28-/m1/s1. The molecule has 3 aromatic rings. The van der Waals surface area contributed by atoms with Gasteiger partial charge >= 0.3 is 0 Å². The number of benzene rings is 1. The summed E-state index contributed by atoms with van der Waals surface area (Å²) in [5.41, 5.74) is 2.87. The largest absolute Gasteiger partial charge is 0.293 e. The van der Waals surface area contributed by atoms with Crippen LogP contribution in [0.25, 0.3) is 16.9 Å². The number of hydrogen-bond acceptors (Lipinski definition) is 5. The molecule has 2 heterocycles. The maximum atomic E-state index is 13.0. The van der Waals surface area contributed by atoms with E-state index in [1.165, 1.54) is 10.9 Å². The van der Waals surface area contributed by atoms with E-state index < -0.39 is 9.73 Å². The Balaban J connectivity index is 1.77. The summed E-state index contributed by atoms with van der Waals surface area (Å²) < 4.78 is 22.3. The van der Waals surface area contributed by atoms with E-state index in [1.54, 1.807) is 44.2 Å². The smallest absolute Gasteiger partial charge is 0.280 e. The Labute approximate surface area is 162 Å². The third-order valence-electron chi connectivity index (χ3n) is 4.97. The van der Waals surface area contributed by atoms with Crippen molar-refractivity contribution in [2.24, 2.45) is 0 Å². The Hall–Kier alpha value is -3.18. The van der Waals surface area contributed by atoms with Crippen LogP contribution in [0.15, 0.2) is 46.2 Å². The highest BCUT2D eigenvalue weighted by Crippen LogP contribution is 2.35. The van der Waals surface area contributed by atoms with Gasteiger partial charge in [-0.2, -0.15) is 5.26 Å². The summed E-state index contributed by atoms with van der Waals surface area (Å²) in [5.74, 6) is 0.389. The molecule has 7 nitrogen and oxygen atoms in total. The second-order valence-electron chi connectivity index (χ2n) is 7.05. The van der Waals surface area contributed by atoms with Crippen molar-refractivity contribution >= 4 is 9.73 Å². The summed E-state index contributed by atoms with van der Waals surface area (Å²) in [7, 11) is -2.84. The lowest BCUT2D eigenvalue weighted by Gasteiger charge is -2.10. The number of nitrogens with one attached hydrogen (secondary N) is 2. The molecule has 0 aliphatic heterocycles. The van der Waals surface area contributed by atoms with E-state index in [0.29, 0.717) is 38.7 Å². The summed E-state index contributed by atoms with van der Waals surface area (Å²) >= 11 is 0. The van der Waals surface area contributed by atoms with Gasteiger partial charge in [0.2, 0.25) is 0 Å². The first-order valence-electron chi connectivity index (χ1n) is 8.89. The first-order chi connectivity index (χ1) is 13.3. The molecule has 1 fully saturated rings. The van der Waals surface area contributed by atoms with Crippen LogP contribution in [0.3, 0.4) is 0 Å². The van der Waals surface area contributed by atoms with E-state index >= 15 is 0 Å². The first kappa shape index (κ1) is 18.2. The lowest BCUT2D eigenvalue weighted by atomic mass is 10.1. The molecule has 1 aromatic carbocycles. The lowest BCUT2D eigenvalue weighted by molar-refractivity contribution is 0.672. The fourth-order valence-electron chi connectivity index (χ4n) is 3.31. The molecule has 8 heteroatoms. The number of aromatic nitrogens is 3. The summed E-state index contributed by atoms with van der Waals surface area (Å²) in [4.78, 5) is 17.7. The van der Waals surface area contributed by atoms with Crippen molar-refractivity contribution in [3.63, 3.8) is 0 Å². The minimum Gasteiger partial charge on any atom is -0.293 e. The van der Waals surface area contributed by atoms with E-state index in [4.69, 9.17) is 10.0 Å². The van der Waals surface area contributed by atoms with Crippen molar-refractivity contribution in [3.05, 3.63) is 63.7 Å². The van der Waals surface area contributed by atoms with Crippen molar-refractivity contribution in [1.29, 1.82) is 10.0 Å². The molecule has 0 unspecified atom stereocenters. The molecule has 0 bridgehead atoms. The number of nitrogens with zero attached hydrogens (tertiary/aromatic N) is 3. The minimum atomic E-state index is -2.84. The van der Waals surface area contributed by atoms with Gasteiger partial charge in [-0.15, -0.1) is 0 Å². The molecule has 2 aromatic heterocycles. The average Bonchev–Trinajstić information content (AvgIpc) is 3.48. The van der Waals surface area contributed by atoms with Gasteiger partial charge in [0.15, 0.2) is 5.82 Å². The summed E-state index contributed by atoms with van der Waals surface area (Å²) in [6, 6.07) is 10.6. The third kappa shape index (κ3) is 2.94. The predicted molar refractivity (Wildman–Crippen MR) is 106 cm³/mol. The summed E-state index contributed by atoms with van der Waals surface area (Å²) in [5, 5.41) is 11.9. The van der Waals surface area contributed by atoms with Crippen LogP contribution in [0.5, 0.6) is 0 Å². The zero-order valence-electron chi connectivity index (χ0n) is 15.5. The number of H-pyrrole nitrogens is 1. The average molecular weight is 393 g/mol. The third-order valence-corrected chi connectivity index (χ3v) is 7.46. The SMILES string of the molecule is Cc1cc(-n2[nH]c(C)c(-c3ccc(C#N)cc3)c2=O)ncc1[S@](=N)(=O)C1CC1. The maximum Gasteiger partial charge on any atom is 0.280 e. The Morgan fingerprint density at radius 2 is 1.96 bits per heavy atom. The van der Waals surface area contributed by atoms with Crippen molar-refractivity contribution in [1.82, 2.24) is 14.8 Å². The molecule has 4 rings (SSSR count). The molecule has 0 amide bonds. The molecule has 28 heavy (non-hydrogen) atoms. The Morgan fingerprint density at radius 3 is 2.54 bits per heavy atom. The van der Waals surface area contributed by atoms with Crippen molar-refractivity contribution in [2.45, 2.75) is 36.8 Å². The highest BCUT2D eigenvalue weighted by molar-refractivity contribution is 7.93. The molecular formula is C20H19N5O2S. The number of nitriles is 1. The van der Waals surface area contributed by atoms with Crippen molar-refractivity contribution in [3.8, 4) is 23.0 Å². The molecule has 0 spiro atoms. The van der Waals surface area contributed by atoms with E-state index in [2.05, 4.69) is 16.2 Å². The van der Waals surface area contributed by atoms with Gasteiger partial charge in [-0.1, -0.05) is 12.1 Å². The molecule has 1 saturated carbocycles.